The van der Waals surface area contributed by atoms with Crippen molar-refractivity contribution in [1.82, 2.24) is 10.2 Å². The van der Waals surface area contributed by atoms with Gasteiger partial charge in [0.2, 0.25) is 5.91 Å². The molecule has 1 aliphatic carbocycles. The van der Waals surface area contributed by atoms with Gasteiger partial charge in [-0.15, -0.1) is 0 Å². The van der Waals surface area contributed by atoms with Crippen LogP contribution in [0.3, 0.4) is 0 Å². The summed E-state index contributed by atoms with van der Waals surface area (Å²) in [5, 5.41) is 14.2. The van der Waals surface area contributed by atoms with Gasteiger partial charge in [-0.1, -0.05) is 56.5 Å². The third-order valence-electron chi connectivity index (χ3n) is 6.68. The van der Waals surface area contributed by atoms with Gasteiger partial charge in [0.1, 0.15) is 6.17 Å². The van der Waals surface area contributed by atoms with Gasteiger partial charge in [-0.2, -0.15) is 0 Å². The smallest absolute Gasteiger partial charge is 0.220 e. The van der Waals surface area contributed by atoms with Gasteiger partial charge in [-0.05, 0) is 37.2 Å². The second-order valence-corrected chi connectivity index (χ2v) is 8.79. The average molecular weight is 391 g/mol. The molecule has 2 fully saturated rings. The molecule has 2 aliphatic rings. The Hall–Kier alpha value is -1.46. The number of nitrogens with one attached hydrogen (secondary N) is 1. The fourth-order valence-electron chi connectivity index (χ4n) is 4.61. The number of carbonyl (C=O) groups is 1. The van der Waals surface area contributed by atoms with Crippen LogP contribution in [0.25, 0.3) is 0 Å². The van der Waals surface area contributed by atoms with Crippen molar-refractivity contribution in [2.45, 2.75) is 76.1 Å². The summed E-state index contributed by atoms with van der Waals surface area (Å²) in [5.74, 6) is -0.0308. The lowest BCUT2D eigenvalue weighted by Crippen LogP contribution is -2.50. The molecule has 1 heterocycles. The van der Waals surface area contributed by atoms with Crippen molar-refractivity contribution < 1.29 is 14.3 Å². The number of halogens is 1. The summed E-state index contributed by atoms with van der Waals surface area (Å²) in [6.07, 6.45) is 6.34. The van der Waals surface area contributed by atoms with Crippen LogP contribution in [0.1, 0.15) is 70.0 Å². The number of likely N-dealkylation sites (tertiary alicyclic amines) is 1. The van der Waals surface area contributed by atoms with E-state index in [1.807, 2.05) is 37.3 Å². The molecule has 1 saturated carbocycles. The fraction of sp³-hybridized carbons (Fsp3) is 0.696. The van der Waals surface area contributed by atoms with E-state index in [0.717, 1.165) is 12.8 Å². The third kappa shape index (κ3) is 5.77. The van der Waals surface area contributed by atoms with E-state index >= 15 is 0 Å². The normalized spacial score (nSPS) is 23.1. The maximum Gasteiger partial charge on any atom is 0.220 e. The first-order valence-electron chi connectivity index (χ1n) is 10.9. The molecule has 1 amide bonds. The summed E-state index contributed by atoms with van der Waals surface area (Å²) in [6.45, 7) is 3.66. The molecule has 0 bridgehead atoms. The average Bonchev–Trinajstić information content (AvgIpc) is 2.71. The zero-order valence-corrected chi connectivity index (χ0v) is 17.1. The lowest BCUT2D eigenvalue weighted by molar-refractivity contribution is -0.127. The van der Waals surface area contributed by atoms with Gasteiger partial charge in [0.05, 0.1) is 5.60 Å². The minimum absolute atomic E-state index is 0.0585. The van der Waals surface area contributed by atoms with Crippen LogP contribution in [0.2, 0.25) is 0 Å². The third-order valence-corrected chi connectivity index (χ3v) is 6.68. The molecule has 4 nitrogen and oxygen atoms in total. The molecule has 5 heteroatoms. The van der Waals surface area contributed by atoms with E-state index in [-0.39, 0.29) is 11.8 Å². The SMILES string of the molecule is CC(CC(=O)NC1CCCCC1)C1(O)CCN(CC(F)c2ccccc2)CC1. The Morgan fingerprint density at radius 3 is 2.50 bits per heavy atom. The number of nitrogens with zero attached hydrogens (tertiary/aromatic N) is 1. The van der Waals surface area contributed by atoms with Gasteiger partial charge in [0, 0.05) is 32.1 Å². The van der Waals surface area contributed by atoms with E-state index in [0.29, 0.717) is 50.5 Å². The number of rotatable bonds is 7. The Morgan fingerprint density at radius 1 is 1.21 bits per heavy atom. The highest BCUT2D eigenvalue weighted by molar-refractivity contribution is 5.76. The Labute approximate surface area is 168 Å². The van der Waals surface area contributed by atoms with Gasteiger partial charge in [-0.3, -0.25) is 9.69 Å². The first kappa shape index (κ1) is 21.3. The number of piperidine rings is 1. The van der Waals surface area contributed by atoms with Gasteiger partial charge < -0.3 is 10.4 Å². The number of hydrogen-bond acceptors (Lipinski definition) is 3. The molecular formula is C23H35FN2O2. The van der Waals surface area contributed by atoms with E-state index in [4.69, 9.17) is 0 Å². The molecule has 1 aromatic carbocycles. The lowest BCUT2D eigenvalue weighted by atomic mass is 9.78. The molecule has 1 aromatic rings. The molecule has 2 atom stereocenters. The highest BCUT2D eigenvalue weighted by atomic mass is 19.1. The summed E-state index contributed by atoms with van der Waals surface area (Å²) < 4.78 is 14.5. The van der Waals surface area contributed by atoms with Crippen LogP contribution in [-0.2, 0) is 4.79 Å². The number of alkyl halides is 1. The number of aliphatic hydroxyl groups is 1. The van der Waals surface area contributed by atoms with Crippen molar-refractivity contribution in [3.63, 3.8) is 0 Å². The Kier molecular flexibility index (Phi) is 7.47. The van der Waals surface area contributed by atoms with Crippen molar-refractivity contribution in [3.05, 3.63) is 35.9 Å². The van der Waals surface area contributed by atoms with E-state index < -0.39 is 11.8 Å². The maximum absolute atomic E-state index is 14.5. The number of hydrogen-bond donors (Lipinski definition) is 2. The van der Waals surface area contributed by atoms with Crippen molar-refractivity contribution >= 4 is 5.91 Å². The predicted octanol–water partition coefficient (Wildman–Crippen LogP) is 4.00. The van der Waals surface area contributed by atoms with E-state index in [2.05, 4.69) is 10.2 Å². The van der Waals surface area contributed by atoms with E-state index in [1.54, 1.807) is 0 Å². The van der Waals surface area contributed by atoms with Gasteiger partial charge >= 0.3 is 0 Å². The Bertz CT molecular complexity index is 610. The van der Waals surface area contributed by atoms with Gasteiger partial charge in [-0.25, -0.2) is 4.39 Å². The summed E-state index contributed by atoms with van der Waals surface area (Å²) in [7, 11) is 0. The van der Waals surface area contributed by atoms with Crippen molar-refractivity contribution in [3.8, 4) is 0 Å². The Balaban J connectivity index is 1.43. The second kappa shape index (κ2) is 9.84. The Morgan fingerprint density at radius 2 is 1.86 bits per heavy atom. The number of benzene rings is 1. The zero-order valence-electron chi connectivity index (χ0n) is 17.1. The molecule has 1 aliphatic heterocycles. The summed E-state index contributed by atoms with van der Waals surface area (Å²) in [6, 6.07) is 9.55. The van der Waals surface area contributed by atoms with E-state index in [1.165, 1.54) is 19.3 Å². The molecule has 28 heavy (non-hydrogen) atoms. The van der Waals surface area contributed by atoms with Gasteiger partial charge in [0.15, 0.2) is 0 Å². The quantitative estimate of drug-likeness (QED) is 0.740. The molecule has 0 aromatic heterocycles. The second-order valence-electron chi connectivity index (χ2n) is 8.79. The van der Waals surface area contributed by atoms with Crippen LogP contribution in [0.5, 0.6) is 0 Å². The zero-order chi connectivity index (χ0) is 20.0. The standard InChI is InChI=1S/C23H35FN2O2/c1-18(16-22(27)25-20-10-6-3-7-11-20)23(28)12-14-26(15-13-23)17-21(24)19-8-4-2-5-9-19/h2,4-5,8-9,18,20-21,28H,3,6-7,10-17H2,1H3,(H,25,27). The van der Waals surface area contributed by atoms with Crippen molar-refractivity contribution in [2.75, 3.05) is 19.6 Å². The molecule has 3 rings (SSSR count). The first-order chi connectivity index (χ1) is 13.5. The summed E-state index contributed by atoms with van der Waals surface area (Å²) in [5.41, 5.74) is -0.130. The summed E-state index contributed by atoms with van der Waals surface area (Å²) in [4.78, 5) is 14.5. The largest absolute Gasteiger partial charge is 0.389 e. The predicted molar refractivity (Wildman–Crippen MR) is 110 cm³/mol. The van der Waals surface area contributed by atoms with Crippen LogP contribution >= 0.6 is 0 Å². The highest BCUT2D eigenvalue weighted by Gasteiger charge is 2.38. The van der Waals surface area contributed by atoms with Crippen LogP contribution in [0.4, 0.5) is 4.39 Å². The van der Waals surface area contributed by atoms with Crippen molar-refractivity contribution in [1.29, 1.82) is 0 Å². The van der Waals surface area contributed by atoms with Crippen LogP contribution in [0.15, 0.2) is 30.3 Å². The molecule has 1 saturated heterocycles. The number of carbonyl (C=O) groups excluding carboxylic acids is 1. The van der Waals surface area contributed by atoms with Gasteiger partial charge in [0.25, 0.3) is 0 Å². The highest BCUT2D eigenvalue weighted by Crippen LogP contribution is 2.33. The van der Waals surface area contributed by atoms with Crippen molar-refractivity contribution in [2.24, 2.45) is 5.92 Å². The molecule has 2 N–H and O–H groups in total. The maximum atomic E-state index is 14.5. The monoisotopic (exact) mass is 390 g/mol. The van der Waals surface area contributed by atoms with Crippen LogP contribution in [0, 0.1) is 5.92 Å². The molecule has 156 valence electrons. The molecule has 2 unspecified atom stereocenters. The topological polar surface area (TPSA) is 52.6 Å². The fourth-order valence-corrected chi connectivity index (χ4v) is 4.61. The first-order valence-corrected chi connectivity index (χ1v) is 10.9. The minimum Gasteiger partial charge on any atom is -0.389 e. The minimum atomic E-state index is -1.01. The molecular weight excluding hydrogens is 355 g/mol. The number of amides is 1. The van der Waals surface area contributed by atoms with E-state index in [9.17, 15) is 14.3 Å². The van der Waals surface area contributed by atoms with Crippen LogP contribution < -0.4 is 5.32 Å². The van der Waals surface area contributed by atoms with Crippen LogP contribution in [-0.4, -0.2) is 47.2 Å². The lowest BCUT2D eigenvalue weighted by Gasteiger charge is -2.42. The molecule has 0 spiro atoms. The summed E-state index contributed by atoms with van der Waals surface area (Å²) >= 11 is 0. The molecule has 0 radical (unpaired) electrons.